The van der Waals surface area contributed by atoms with Crippen LogP contribution in [0.4, 0.5) is 0 Å². The van der Waals surface area contributed by atoms with Crippen molar-refractivity contribution in [1.29, 1.82) is 0 Å². The maximum absolute atomic E-state index is 10.8. The second-order valence-corrected chi connectivity index (χ2v) is 9.53. The maximum Gasteiger partial charge on any atom is 0.166 e. The van der Waals surface area contributed by atoms with Gasteiger partial charge in [0.15, 0.2) is 11.5 Å². The molecule has 7 atom stereocenters. The van der Waals surface area contributed by atoms with E-state index < -0.39 is 11.7 Å². The number of likely N-dealkylation sites (tertiary alicyclic amines) is 1. The van der Waals surface area contributed by atoms with E-state index in [9.17, 15) is 5.11 Å². The van der Waals surface area contributed by atoms with Crippen LogP contribution in [0.2, 0.25) is 0 Å². The fourth-order valence-electron chi connectivity index (χ4n) is 7.81. The Morgan fingerprint density at radius 1 is 1.29 bits per heavy atom. The molecule has 2 fully saturated rings. The van der Waals surface area contributed by atoms with Crippen LogP contribution in [0, 0.1) is 11.3 Å². The topological polar surface area (TPSA) is 51.2 Å². The highest BCUT2D eigenvalue weighted by atomic mass is 16.6. The Bertz CT molecular complexity index is 897. The molecule has 2 heterocycles. The van der Waals surface area contributed by atoms with Crippen LogP contribution in [-0.4, -0.2) is 61.7 Å². The summed E-state index contributed by atoms with van der Waals surface area (Å²) in [6.07, 6.45) is 7.06. The SMILES string of the molecule is COc1ccc2c3c1O[C@H]1[C@]4(OC)C=C[C@@]5(C[C@@H]4[C@@H](C)O)[C@@H](C2)N(C)CC[C@]315. The molecule has 28 heavy (non-hydrogen) atoms. The Morgan fingerprint density at radius 2 is 2.11 bits per heavy atom. The van der Waals surface area contributed by atoms with Crippen LogP contribution in [0.15, 0.2) is 24.3 Å². The average molecular weight is 383 g/mol. The molecule has 0 aromatic heterocycles. The van der Waals surface area contributed by atoms with Crippen LogP contribution in [0.5, 0.6) is 11.5 Å². The van der Waals surface area contributed by atoms with Crippen molar-refractivity contribution in [2.24, 2.45) is 11.3 Å². The molecule has 0 unspecified atom stereocenters. The molecule has 7 rings (SSSR count). The maximum atomic E-state index is 10.8. The third-order valence-corrected chi connectivity index (χ3v) is 8.91. The largest absolute Gasteiger partial charge is 0.493 e. The summed E-state index contributed by atoms with van der Waals surface area (Å²) in [7, 11) is 5.74. The molecule has 1 N–H and O–H groups in total. The summed E-state index contributed by atoms with van der Waals surface area (Å²) in [5.74, 6) is 1.74. The number of nitrogens with zero attached hydrogens (tertiary/aromatic N) is 1. The Hall–Kier alpha value is -1.56. The number of likely N-dealkylation sites (N-methyl/N-ethyl adjacent to an activating group) is 1. The van der Waals surface area contributed by atoms with Crippen molar-refractivity contribution < 1.29 is 19.3 Å². The molecule has 5 nitrogen and oxygen atoms in total. The number of aliphatic hydroxyl groups excluding tert-OH is 1. The van der Waals surface area contributed by atoms with E-state index in [1.165, 1.54) is 11.1 Å². The quantitative estimate of drug-likeness (QED) is 0.812. The second kappa shape index (κ2) is 5.13. The lowest BCUT2D eigenvalue weighted by Gasteiger charge is -2.71. The molecule has 2 aliphatic heterocycles. The Balaban J connectivity index is 1.71. The van der Waals surface area contributed by atoms with Crippen molar-refractivity contribution in [3.8, 4) is 11.5 Å². The first kappa shape index (κ1) is 17.3. The van der Waals surface area contributed by atoms with Crippen LogP contribution in [0.1, 0.15) is 30.9 Å². The standard InChI is InChI=1S/C23H29NO4/c1-13(25)15-12-21-7-8-23(15,27-4)20-22(21)9-10-24(2)17(21)11-14-5-6-16(26-3)19(28-20)18(14)22/h5-8,13,15,17,20,25H,9-12H2,1-4H3/t13-,15-,17-,20-,21-,22+,23+/m1/s1. The summed E-state index contributed by atoms with van der Waals surface area (Å²) >= 11 is 0. The van der Waals surface area contributed by atoms with Gasteiger partial charge in [0.05, 0.1) is 18.6 Å². The van der Waals surface area contributed by atoms with E-state index in [-0.39, 0.29) is 22.9 Å². The summed E-state index contributed by atoms with van der Waals surface area (Å²) in [5, 5.41) is 10.8. The van der Waals surface area contributed by atoms with Gasteiger partial charge in [-0.1, -0.05) is 18.2 Å². The molecule has 2 spiro atoms. The first-order valence-electron chi connectivity index (χ1n) is 10.5. The summed E-state index contributed by atoms with van der Waals surface area (Å²) in [4.78, 5) is 2.53. The van der Waals surface area contributed by atoms with Crippen molar-refractivity contribution in [3.63, 3.8) is 0 Å². The van der Waals surface area contributed by atoms with Gasteiger partial charge in [-0.05, 0) is 51.4 Å². The van der Waals surface area contributed by atoms with Crippen molar-refractivity contribution >= 4 is 0 Å². The molecule has 1 aromatic carbocycles. The van der Waals surface area contributed by atoms with Gasteiger partial charge in [0.2, 0.25) is 0 Å². The van der Waals surface area contributed by atoms with Gasteiger partial charge >= 0.3 is 0 Å². The normalized spacial score (nSPS) is 45.5. The number of hydrogen-bond acceptors (Lipinski definition) is 5. The minimum atomic E-state index is -0.616. The van der Waals surface area contributed by atoms with E-state index in [0.29, 0.717) is 6.04 Å². The fourth-order valence-corrected chi connectivity index (χ4v) is 7.81. The minimum Gasteiger partial charge on any atom is -0.493 e. The first-order valence-corrected chi connectivity index (χ1v) is 10.5. The lowest BCUT2D eigenvalue weighted by molar-refractivity contribution is -0.228. The lowest BCUT2D eigenvalue weighted by atomic mass is 9.37. The van der Waals surface area contributed by atoms with E-state index in [0.717, 1.165) is 37.3 Å². The van der Waals surface area contributed by atoms with Crippen LogP contribution < -0.4 is 9.47 Å². The minimum absolute atomic E-state index is 0.0106. The molecule has 150 valence electrons. The number of fused-ring (bicyclic) bond motifs is 1. The number of benzene rings is 1. The predicted octanol–water partition coefficient (Wildman–Crippen LogP) is 2.30. The first-order chi connectivity index (χ1) is 13.4. The number of hydrogen-bond donors (Lipinski definition) is 1. The summed E-state index contributed by atoms with van der Waals surface area (Å²) in [6.45, 7) is 2.95. The third kappa shape index (κ3) is 1.54. The molecule has 4 aliphatic carbocycles. The van der Waals surface area contributed by atoms with Gasteiger partial charge in [0, 0.05) is 30.0 Å². The molecule has 0 radical (unpaired) electrons. The smallest absolute Gasteiger partial charge is 0.166 e. The third-order valence-electron chi connectivity index (χ3n) is 8.91. The molecular weight excluding hydrogens is 354 g/mol. The van der Waals surface area contributed by atoms with Gasteiger partial charge in [-0.2, -0.15) is 0 Å². The zero-order valence-corrected chi connectivity index (χ0v) is 17.1. The predicted molar refractivity (Wildman–Crippen MR) is 105 cm³/mol. The second-order valence-electron chi connectivity index (χ2n) is 9.53. The summed E-state index contributed by atoms with van der Waals surface area (Å²) < 4.78 is 18.8. The van der Waals surface area contributed by atoms with Gasteiger partial charge in [-0.25, -0.2) is 0 Å². The van der Waals surface area contributed by atoms with Gasteiger partial charge in [0.1, 0.15) is 11.7 Å². The highest BCUT2D eigenvalue weighted by molar-refractivity contribution is 5.65. The number of ether oxygens (including phenoxy) is 3. The Labute approximate surface area is 166 Å². The van der Waals surface area contributed by atoms with Gasteiger partial charge in [-0.3, -0.25) is 0 Å². The van der Waals surface area contributed by atoms with Crippen molar-refractivity contribution in [3.05, 3.63) is 35.4 Å². The molecule has 0 amide bonds. The molecule has 1 saturated carbocycles. The number of piperidine rings is 1. The molecule has 1 aromatic rings. The highest BCUT2D eigenvalue weighted by Gasteiger charge is 2.79. The van der Waals surface area contributed by atoms with Gasteiger partial charge < -0.3 is 24.2 Å². The number of methoxy groups -OCH3 is 2. The zero-order valence-electron chi connectivity index (χ0n) is 17.1. The van der Waals surface area contributed by atoms with E-state index in [1.54, 1.807) is 14.2 Å². The van der Waals surface area contributed by atoms with E-state index >= 15 is 0 Å². The molecule has 5 heteroatoms. The summed E-state index contributed by atoms with van der Waals surface area (Å²) in [5.41, 5.74) is 1.97. The molecule has 1 saturated heterocycles. The monoisotopic (exact) mass is 383 g/mol. The van der Waals surface area contributed by atoms with Crippen molar-refractivity contribution in [1.82, 2.24) is 4.90 Å². The zero-order chi connectivity index (χ0) is 19.5. The Morgan fingerprint density at radius 3 is 2.82 bits per heavy atom. The van der Waals surface area contributed by atoms with Crippen LogP contribution in [0.25, 0.3) is 0 Å². The van der Waals surface area contributed by atoms with Crippen molar-refractivity contribution in [2.45, 2.75) is 55.5 Å². The van der Waals surface area contributed by atoms with Crippen molar-refractivity contribution in [2.75, 3.05) is 27.8 Å². The van der Waals surface area contributed by atoms with Crippen LogP contribution >= 0.6 is 0 Å². The Kier molecular flexibility index (Phi) is 3.17. The van der Waals surface area contributed by atoms with Crippen LogP contribution in [-0.2, 0) is 16.6 Å². The summed E-state index contributed by atoms with van der Waals surface area (Å²) in [6, 6.07) is 4.70. The molecule has 6 aliphatic rings. The van der Waals surface area contributed by atoms with E-state index in [1.807, 2.05) is 6.92 Å². The van der Waals surface area contributed by atoms with Gasteiger partial charge in [0.25, 0.3) is 0 Å². The average Bonchev–Trinajstić information content (AvgIpc) is 3.07. The number of aliphatic hydroxyl groups is 1. The molecular formula is C23H29NO4. The number of rotatable bonds is 3. The van der Waals surface area contributed by atoms with Crippen LogP contribution in [0.3, 0.4) is 0 Å². The van der Waals surface area contributed by atoms with E-state index in [2.05, 4.69) is 36.2 Å². The highest BCUT2D eigenvalue weighted by Crippen LogP contribution is 2.74. The lowest BCUT2D eigenvalue weighted by Crippen LogP contribution is -2.79. The fraction of sp³-hybridized carbons (Fsp3) is 0.652. The molecule has 4 bridgehead atoms. The van der Waals surface area contributed by atoms with E-state index in [4.69, 9.17) is 14.2 Å². The van der Waals surface area contributed by atoms with Gasteiger partial charge in [-0.15, -0.1) is 0 Å².